The quantitative estimate of drug-likeness (QED) is 0.771. The van der Waals surface area contributed by atoms with Crippen molar-refractivity contribution in [3.8, 4) is 5.75 Å². The molecule has 7 heteroatoms. The van der Waals surface area contributed by atoms with E-state index in [1.54, 1.807) is 7.11 Å². The lowest BCUT2D eigenvalue weighted by Gasteiger charge is -2.19. The summed E-state index contributed by atoms with van der Waals surface area (Å²) in [4.78, 5) is 19.0. The summed E-state index contributed by atoms with van der Waals surface area (Å²) in [5.41, 5.74) is 3.21. The van der Waals surface area contributed by atoms with Gasteiger partial charge in [0, 0.05) is 36.4 Å². The van der Waals surface area contributed by atoms with Gasteiger partial charge in [-0.3, -0.25) is 9.67 Å². The lowest BCUT2D eigenvalue weighted by molar-refractivity contribution is 0.220. The van der Waals surface area contributed by atoms with Crippen molar-refractivity contribution in [2.75, 3.05) is 25.5 Å². The van der Waals surface area contributed by atoms with Crippen molar-refractivity contribution in [1.29, 1.82) is 0 Å². The van der Waals surface area contributed by atoms with Gasteiger partial charge in [-0.25, -0.2) is 4.79 Å². The molecule has 0 aliphatic carbocycles. The summed E-state index contributed by atoms with van der Waals surface area (Å²) in [6, 6.07) is 9.92. The topological polar surface area (TPSA) is 72.3 Å². The van der Waals surface area contributed by atoms with E-state index in [1.165, 1.54) is 0 Å². The average Bonchev–Trinajstić information content (AvgIpc) is 3.30. The van der Waals surface area contributed by atoms with E-state index in [2.05, 4.69) is 27.7 Å². The number of rotatable bonds is 3. The molecule has 1 atom stereocenters. The zero-order valence-electron chi connectivity index (χ0n) is 15.8. The summed E-state index contributed by atoms with van der Waals surface area (Å²) >= 11 is 0. The number of urea groups is 1. The van der Waals surface area contributed by atoms with Crippen LogP contribution in [-0.4, -0.2) is 45.9 Å². The summed E-state index contributed by atoms with van der Waals surface area (Å²) in [6.45, 7) is 5.08. The van der Waals surface area contributed by atoms with E-state index < -0.39 is 0 Å². The van der Waals surface area contributed by atoms with Crippen LogP contribution < -0.4 is 10.1 Å². The minimum atomic E-state index is -0.138. The molecular formula is C20H23N5O2. The molecule has 2 aromatic heterocycles. The fourth-order valence-electron chi connectivity index (χ4n) is 3.60. The molecule has 1 aliphatic rings. The Bertz CT molecular complexity index is 964. The van der Waals surface area contributed by atoms with Crippen molar-refractivity contribution in [1.82, 2.24) is 19.7 Å². The highest BCUT2D eigenvalue weighted by Gasteiger charge is 2.29. The molecule has 3 heterocycles. The molecule has 2 amide bonds. The largest absolute Gasteiger partial charge is 0.494 e. The van der Waals surface area contributed by atoms with E-state index in [0.717, 1.165) is 28.7 Å². The summed E-state index contributed by atoms with van der Waals surface area (Å²) in [6.07, 6.45) is 2.93. The van der Waals surface area contributed by atoms with Crippen LogP contribution in [0.15, 0.2) is 36.5 Å². The van der Waals surface area contributed by atoms with Gasteiger partial charge in [0.05, 0.1) is 24.4 Å². The van der Waals surface area contributed by atoms with E-state index in [1.807, 2.05) is 47.7 Å². The second-order valence-corrected chi connectivity index (χ2v) is 6.91. The third-order valence-corrected chi connectivity index (χ3v) is 5.00. The highest BCUT2D eigenvalue weighted by Crippen LogP contribution is 2.29. The number of aryl methyl sites for hydroxylation is 2. The maximum Gasteiger partial charge on any atom is 0.322 e. The fraction of sp³-hybridized carbons (Fsp3) is 0.350. The molecule has 0 bridgehead atoms. The first-order valence-electron chi connectivity index (χ1n) is 9.07. The minimum absolute atomic E-state index is 0.138. The molecule has 3 aromatic rings. The van der Waals surface area contributed by atoms with E-state index in [9.17, 15) is 4.79 Å². The number of ether oxygens (including phenoxy) is 1. The predicted octanol–water partition coefficient (Wildman–Crippen LogP) is 3.54. The number of nitrogens with one attached hydrogen (secondary N) is 1. The average molecular weight is 365 g/mol. The van der Waals surface area contributed by atoms with E-state index in [0.29, 0.717) is 24.5 Å². The molecule has 1 unspecified atom stereocenters. The second-order valence-electron chi connectivity index (χ2n) is 6.91. The first-order valence-corrected chi connectivity index (χ1v) is 9.07. The van der Waals surface area contributed by atoms with Crippen LogP contribution in [0.3, 0.4) is 0 Å². The van der Waals surface area contributed by atoms with Crippen molar-refractivity contribution in [3.05, 3.63) is 47.9 Å². The Morgan fingerprint density at radius 2 is 2.11 bits per heavy atom. The molecule has 1 aliphatic heterocycles. The SMILES string of the molecule is COc1cc(C)nc(C)c1NC(=O)N1CCC(n2cc3ccccc3n2)C1. The van der Waals surface area contributed by atoms with Crippen LogP contribution in [-0.2, 0) is 0 Å². The smallest absolute Gasteiger partial charge is 0.322 e. The van der Waals surface area contributed by atoms with Crippen molar-refractivity contribution in [3.63, 3.8) is 0 Å². The van der Waals surface area contributed by atoms with Gasteiger partial charge in [-0.15, -0.1) is 0 Å². The highest BCUT2D eigenvalue weighted by atomic mass is 16.5. The maximum absolute atomic E-state index is 12.8. The van der Waals surface area contributed by atoms with Crippen molar-refractivity contribution >= 4 is 22.6 Å². The molecule has 1 N–H and O–H groups in total. The number of likely N-dealkylation sites (tertiary alicyclic amines) is 1. The first-order chi connectivity index (χ1) is 13.0. The van der Waals surface area contributed by atoms with Gasteiger partial charge in [0.15, 0.2) is 0 Å². The van der Waals surface area contributed by atoms with Crippen molar-refractivity contribution in [2.45, 2.75) is 26.3 Å². The first kappa shape index (κ1) is 17.3. The molecule has 1 aromatic carbocycles. The number of nitrogens with zero attached hydrogens (tertiary/aromatic N) is 4. The molecule has 4 rings (SSSR count). The molecule has 0 spiro atoms. The van der Waals surface area contributed by atoms with E-state index >= 15 is 0 Å². The highest BCUT2D eigenvalue weighted by molar-refractivity contribution is 5.92. The molecule has 1 saturated heterocycles. The Hall–Kier alpha value is -3.09. The zero-order chi connectivity index (χ0) is 19.0. The third-order valence-electron chi connectivity index (χ3n) is 5.00. The number of methoxy groups -OCH3 is 1. The fourth-order valence-corrected chi connectivity index (χ4v) is 3.60. The van der Waals surface area contributed by atoms with Crippen LogP contribution in [0.4, 0.5) is 10.5 Å². The number of pyridine rings is 1. The third kappa shape index (κ3) is 3.32. The molecular weight excluding hydrogens is 342 g/mol. The number of carbonyl (C=O) groups excluding carboxylic acids is 1. The van der Waals surface area contributed by atoms with E-state index in [-0.39, 0.29) is 12.1 Å². The van der Waals surface area contributed by atoms with Crippen LogP contribution >= 0.6 is 0 Å². The van der Waals surface area contributed by atoms with Gasteiger partial charge in [0.1, 0.15) is 11.4 Å². The number of hydrogen-bond acceptors (Lipinski definition) is 4. The summed E-state index contributed by atoms with van der Waals surface area (Å²) in [5.74, 6) is 0.627. The summed E-state index contributed by atoms with van der Waals surface area (Å²) in [5, 5.41) is 8.74. The van der Waals surface area contributed by atoms with Gasteiger partial charge in [0.2, 0.25) is 0 Å². The normalized spacial score (nSPS) is 16.7. The number of benzene rings is 1. The monoisotopic (exact) mass is 365 g/mol. The van der Waals surface area contributed by atoms with Crippen LogP contribution in [0.1, 0.15) is 23.9 Å². The molecule has 0 radical (unpaired) electrons. The van der Waals surface area contributed by atoms with Gasteiger partial charge in [0.25, 0.3) is 0 Å². The lowest BCUT2D eigenvalue weighted by Crippen LogP contribution is -2.33. The van der Waals surface area contributed by atoms with Gasteiger partial charge in [-0.05, 0) is 26.3 Å². The number of carbonyl (C=O) groups is 1. The Morgan fingerprint density at radius 3 is 2.89 bits per heavy atom. The molecule has 7 nitrogen and oxygen atoms in total. The van der Waals surface area contributed by atoms with Crippen LogP contribution in [0.25, 0.3) is 10.9 Å². The minimum Gasteiger partial charge on any atom is -0.494 e. The molecule has 1 fully saturated rings. The Balaban J connectivity index is 1.48. The Kier molecular flexibility index (Phi) is 4.43. The van der Waals surface area contributed by atoms with Gasteiger partial charge in [-0.1, -0.05) is 18.2 Å². The lowest BCUT2D eigenvalue weighted by atomic mass is 10.2. The number of aromatic nitrogens is 3. The van der Waals surface area contributed by atoms with Crippen LogP contribution in [0.5, 0.6) is 5.75 Å². The Morgan fingerprint density at radius 1 is 1.30 bits per heavy atom. The second kappa shape index (κ2) is 6.90. The van der Waals surface area contributed by atoms with Gasteiger partial charge < -0.3 is 15.0 Å². The van der Waals surface area contributed by atoms with Crippen molar-refractivity contribution < 1.29 is 9.53 Å². The Labute approximate surface area is 157 Å². The summed E-state index contributed by atoms with van der Waals surface area (Å²) in [7, 11) is 1.60. The summed E-state index contributed by atoms with van der Waals surface area (Å²) < 4.78 is 7.39. The van der Waals surface area contributed by atoms with Crippen LogP contribution in [0, 0.1) is 13.8 Å². The van der Waals surface area contributed by atoms with Gasteiger partial charge in [-0.2, -0.15) is 5.10 Å². The number of anilines is 1. The molecule has 27 heavy (non-hydrogen) atoms. The van der Waals surface area contributed by atoms with Crippen molar-refractivity contribution in [2.24, 2.45) is 0 Å². The maximum atomic E-state index is 12.8. The molecule has 140 valence electrons. The molecule has 0 saturated carbocycles. The van der Waals surface area contributed by atoms with Gasteiger partial charge >= 0.3 is 6.03 Å². The number of amides is 2. The zero-order valence-corrected chi connectivity index (χ0v) is 15.8. The van der Waals surface area contributed by atoms with Crippen LogP contribution in [0.2, 0.25) is 0 Å². The standard InChI is InChI=1S/C20H23N5O2/c1-13-10-18(27-3)19(14(2)21-13)22-20(26)24-9-8-16(12-24)25-11-15-6-4-5-7-17(15)23-25/h4-7,10-11,16H,8-9,12H2,1-3H3,(H,22,26). The predicted molar refractivity (Wildman–Crippen MR) is 104 cm³/mol. The number of hydrogen-bond donors (Lipinski definition) is 1. The number of fused-ring (bicyclic) bond motifs is 1. The van der Waals surface area contributed by atoms with E-state index in [4.69, 9.17) is 4.74 Å².